The average molecular weight is 453 g/mol. The molecule has 2 N–H and O–H groups in total. The number of benzene rings is 2. The quantitative estimate of drug-likeness (QED) is 0.472. The predicted octanol–water partition coefficient (Wildman–Crippen LogP) is 1.75. The highest BCUT2D eigenvalue weighted by Crippen LogP contribution is 2.38. The molecule has 31 heavy (non-hydrogen) atoms. The van der Waals surface area contributed by atoms with E-state index < -0.39 is 10.0 Å². The minimum Gasteiger partial charge on any atom is -0.497 e. The standard InChI is InChI=1S/C21H28N2O7S/c1-27-16-6-8-17(9-7-16)31(25,26)23-12-11-22-20(24)10-5-15-13-18(28-2)21(30-4)19(14-15)29-3/h6-9,13-14,23H,5,10-12H2,1-4H3,(H,22,24). The maximum Gasteiger partial charge on any atom is 0.240 e. The lowest BCUT2D eigenvalue weighted by molar-refractivity contribution is -0.121. The Morgan fingerprint density at radius 3 is 2.00 bits per heavy atom. The summed E-state index contributed by atoms with van der Waals surface area (Å²) >= 11 is 0. The van der Waals surface area contributed by atoms with E-state index >= 15 is 0 Å². The number of carbonyl (C=O) groups is 1. The Labute approximate surface area is 182 Å². The minimum atomic E-state index is -3.66. The molecule has 10 heteroatoms. The fourth-order valence-corrected chi connectivity index (χ4v) is 3.88. The lowest BCUT2D eigenvalue weighted by atomic mass is 10.1. The Morgan fingerprint density at radius 2 is 1.48 bits per heavy atom. The summed E-state index contributed by atoms with van der Waals surface area (Å²) in [6.45, 7) is 0.244. The fraction of sp³-hybridized carbons (Fsp3) is 0.381. The molecule has 170 valence electrons. The van der Waals surface area contributed by atoms with Gasteiger partial charge in [-0.3, -0.25) is 4.79 Å². The lowest BCUT2D eigenvalue weighted by Gasteiger charge is -2.14. The Balaban J connectivity index is 1.82. The van der Waals surface area contributed by atoms with E-state index in [0.717, 1.165) is 5.56 Å². The molecule has 2 rings (SSSR count). The third-order valence-corrected chi connectivity index (χ3v) is 5.95. The second kappa shape index (κ2) is 11.4. The summed E-state index contributed by atoms with van der Waals surface area (Å²) in [4.78, 5) is 12.3. The van der Waals surface area contributed by atoms with Crippen LogP contribution in [0.25, 0.3) is 0 Å². The van der Waals surface area contributed by atoms with Gasteiger partial charge in [0.1, 0.15) is 5.75 Å². The molecule has 0 fully saturated rings. The van der Waals surface area contributed by atoms with Crippen LogP contribution in [0, 0.1) is 0 Å². The summed E-state index contributed by atoms with van der Waals surface area (Å²) in [6.07, 6.45) is 0.685. The van der Waals surface area contributed by atoms with E-state index in [2.05, 4.69) is 10.0 Å². The molecule has 0 radical (unpaired) electrons. The highest BCUT2D eigenvalue weighted by Gasteiger charge is 2.15. The van der Waals surface area contributed by atoms with Crippen LogP contribution in [0.1, 0.15) is 12.0 Å². The van der Waals surface area contributed by atoms with Crippen LogP contribution in [0.4, 0.5) is 0 Å². The zero-order valence-corrected chi connectivity index (χ0v) is 18.9. The van der Waals surface area contributed by atoms with Crippen LogP contribution in [0.15, 0.2) is 41.3 Å². The van der Waals surface area contributed by atoms with Crippen molar-refractivity contribution in [3.63, 3.8) is 0 Å². The van der Waals surface area contributed by atoms with Gasteiger partial charge >= 0.3 is 0 Å². The molecule has 0 saturated heterocycles. The van der Waals surface area contributed by atoms with Gasteiger partial charge in [-0.25, -0.2) is 13.1 Å². The second-order valence-corrected chi connectivity index (χ2v) is 8.22. The number of ether oxygens (including phenoxy) is 4. The first kappa shape index (κ1) is 24.3. The maximum atomic E-state index is 12.3. The van der Waals surface area contributed by atoms with Crippen molar-refractivity contribution in [2.24, 2.45) is 0 Å². The molecule has 0 aromatic heterocycles. The third-order valence-electron chi connectivity index (χ3n) is 4.47. The van der Waals surface area contributed by atoms with E-state index in [-0.39, 0.29) is 30.3 Å². The minimum absolute atomic E-state index is 0.0737. The van der Waals surface area contributed by atoms with E-state index in [1.54, 1.807) is 24.3 Å². The maximum absolute atomic E-state index is 12.3. The molecule has 0 aliphatic heterocycles. The predicted molar refractivity (Wildman–Crippen MR) is 116 cm³/mol. The molecule has 0 aliphatic rings. The van der Waals surface area contributed by atoms with Gasteiger partial charge in [-0.15, -0.1) is 0 Å². The summed E-state index contributed by atoms with van der Waals surface area (Å²) < 4.78 is 47.9. The number of rotatable bonds is 12. The van der Waals surface area contributed by atoms with Gasteiger partial charge in [-0.2, -0.15) is 0 Å². The molecular formula is C21H28N2O7S. The van der Waals surface area contributed by atoms with Crippen LogP contribution in [0.5, 0.6) is 23.0 Å². The van der Waals surface area contributed by atoms with Crippen LogP contribution in [-0.4, -0.2) is 55.9 Å². The van der Waals surface area contributed by atoms with E-state index in [1.165, 1.54) is 40.6 Å². The van der Waals surface area contributed by atoms with Gasteiger partial charge in [0.15, 0.2) is 11.5 Å². The number of hydrogen-bond acceptors (Lipinski definition) is 7. The van der Waals surface area contributed by atoms with Crippen molar-refractivity contribution in [1.29, 1.82) is 0 Å². The first-order valence-electron chi connectivity index (χ1n) is 9.54. The Morgan fingerprint density at radius 1 is 0.871 bits per heavy atom. The molecule has 2 aromatic carbocycles. The van der Waals surface area contributed by atoms with Gasteiger partial charge in [-0.1, -0.05) is 0 Å². The number of amides is 1. The highest BCUT2D eigenvalue weighted by atomic mass is 32.2. The lowest BCUT2D eigenvalue weighted by Crippen LogP contribution is -2.34. The van der Waals surface area contributed by atoms with Crippen molar-refractivity contribution in [1.82, 2.24) is 10.0 Å². The van der Waals surface area contributed by atoms with Crippen molar-refractivity contribution >= 4 is 15.9 Å². The van der Waals surface area contributed by atoms with Crippen molar-refractivity contribution in [2.45, 2.75) is 17.7 Å². The normalized spacial score (nSPS) is 11.0. The van der Waals surface area contributed by atoms with Crippen LogP contribution in [0.3, 0.4) is 0 Å². The summed E-state index contributed by atoms with van der Waals surface area (Å²) in [5.74, 6) is 1.90. The number of nitrogens with one attached hydrogen (secondary N) is 2. The van der Waals surface area contributed by atoms with E-state index in [1.807, 2.05) is 0 Å². The molecule has 0 aliphatic carbocycles. The van der Waals surface area contributed by atoms with Crippen LogP contribution >= 0.6 is 0 Å². The monoisotopic (exact) mass is 452 g/mol. The molecule has 2 aromatic rings. The summed E-state index contributed by atoms with van der Waals surface area (Å²) in [7, 11) is 2.43. The molecule has 9 nitrogen and oxygen atoms in total. The number of methoxy groups -OCH3 is 4. The zero-order chi connectivity index (χ0) is 22.9. The highest BCUT2D eigenvalue weighted by molar-refractivity contribution is 7.89. The summed E-state index contributed by atoms with van der Waals surface area (Å²) in [5.41, 5.74) is 0.852. The van der Waals surface area contributed by atoms with Crippen LogP contribution in [-0.2, 0) is 21.2 Å². The molecular weight excluding hydrogens is 424 g/mol. The number of hydrogen-bond donors (Lipinski definition) is 2. The first-order valence-corrected chi connectivity index (χ1v) is 11.0. The molecule has 0 saturated carbocycles. The first-order chi connectivity index (χ1) is 14.8. The van der Waals surface area contributed by atoms with Gasteiger partial charge in [0.25, 0.3) is 0 Å². The smallest absolute Gasteiger partial charge is 0.240 e. The Kier molecular flexibility index (Phi) is 8.95. The van der Waals surface area contributed by atoms with Crippen LogP contribution in [0.2, 0.25) is 0 Å². The van der Waals surface area contributed by atoms with Gasteiger partial charge in [-0.05, 0) is 48.4 Å². The number of carbonyl (C=O) groups excluding carboxylic acids is 1. The number of aryl methyl sites for hydroxylation is 1. The van der Waals surface area contributed by atoms with Gasteiger partial charge in [0.2, 0.25) is 21.7 Å². The summed E-state index contributed by atoms with van der Waals surface area (Å²) in [6, 6.07) is 9.63. The van der Waals surface area contributed by atoms with Crippen molar-refractivity contribution in [3.8, 4) is 23.0 Å². The fourth-order valence-electron chi connectivity index (χ4n) is 2.85. The molecule has 0 heterocycles. The third kappa shape index (κ3) is 6.76. The molecule has 0 spiro atoms. The Bertz CT molecular complexity index is 951. The second-order valence-electron chi connectivity index (χ2n) is 6.46. The summed E-state index contributed by atoms with van der Waals surface area (Å²) in [5, 5.41) is 2.70. The van der Waals surface area contributed by atoms with E-state index in [9.17, 15) is 13.2 Å². The van der Waals surface area contributed by atoms with Crippen molar-refractivity contribution in [3.05, 3.63) is 42.0 Å². The molecule has 0 atom stereocenters. The number of sulfonamides is 1. The van der Waals surface area contributed by atoms with Crippen molar-refractivity contribution < 1.29 is 32.2 Å². The zero-order valence-electron chi connectivity index (χ0n) is 18.1. The van der Waals surface area contributed by atoms with Gasteiger partial charge in [0, 0.05) is 19.5 Å². The molecule has 0 bridgehead atoms. The Hall–Kier alpha value is -2.98. The van der Waals surface area contributed by atoms with E-state index in [4.69, 9.17) is 18.9 Å². The van der Waals surface area contributed by atoms with Crippen LogP contribution < -0.4 is 29.0 Å². The SMILES string of the molecule is COc1ccc(S(=O)(=O)NCCNC(=O)CCc2cc(OC)c(OC)c(OC)c2)cc1. The molecule has 1 amide bonds. The van der Waals surface area contributed by atoms with Gasteiger partial charge in [0.05, 0.1) is 33.3 Å². The molecule has 0 unspecified atom stereocenters. The van der Waals surface area contributed by atoms with Crippen molar-refractivity contribution in [2.75, 3.05) is 41.5 Å². The topological polar surface area (TPSA) is 112 Å². The van der Waals surface area contributed by atoms with E-state index in [0.29, 0.717) is 29.4 Å². The van der Waals surface area contributed by atoms with Gasteiger partial charge < -0.3 is 24.3 Å². The average Bonchev–Trinajstić information content (AvgIpc) is 2.79. The largest absolute Gasteiger partial charge is 0.497 e.